The summed E-state index contributed by atoms with van der Waals surface area (Å²) in [5.74, 6) is -0.408. The molecule has 0 aliphatic heterocycles. The summed E-state index contributed by atoms with van der Waals surface area (Å²) in [5, 5.41) is 0. The SMILES string of the molecule is CCCOc1cc(F)ccc1/C=C/C(=O)OC. The van der Waals surface area contributed by atoms with Crippen molar-refractivity contribution in [2.24, 2.45) is 0 Å². The maximum atomic E-state index is 13.0. The average molecular weight is 238 g/mol. The van der Waals surface area contributed by atoms with Crippen LogP contribution in [0.2, 0.25) is 0 Å². The highest BCUT2D eigenvalue weighted by Crippen LogP contribution is 2.21. The third-order valence-corrected chi connectivity index (χ3v) is 2.04. The number of methoxy groups -OCH3 is 1. The molecule has 0 N–H and O–H groups in total. The van der Waals surface area contributed by atoms with Crippen molar-refractivity contribution in [3.05, 3.63) is 35.7 Å². The molecule has 0 radical (unpaired) electrons. The predicted octanol–water partition coefficient (Wildman–Crippen LogP) is 2.80. The van der Waals surface area contributed by atoms with Gasteiger partial charge in [0.2, 0.25) is 0 Å². The van der Waals surface area contributed by atoms with Gasteiger partial charge in [-0.05, 0) is 24.6 Å². The number of halogens is 1. The molecule has 92 valence electrons. The van der Waals surface area contributed by atoms with Gasteiger partial charge in [0.1, 0.15) is 11.6 Å². The highest BCUT2D eigenvalue weighted by molar-refractivity contribution is 5.87. The molecule has 17 heavy (non-hydrogen) atoms. The zero-order valence-electron chi connectivity index (χ0n) is 9.90. The third-order valence-electron chi connectivity index (χ3n) is 2.04. The molecule has 1 aromatic carbocycles. The van der Waals surface area contributed by atoms with Crippen molar-refractivity contribution < 1.29 is 18.7 Å². The molecule has 0 unspecified atom stereocenters. The Labute approximate surface area is 99.9 Å². The molecule has 0 saturated carbocycles. The number of carbonyl (C=O) groups excluding carboxylic acids is 1. The molecule has 0 atom stereocenters. The zero-order chi connectivity index (χ0) is 12.7. The molecular formula is C13H15FO3. The van der Waals surface area contributed by atoms with Gasteiger partial charge in [0, 0.05) is 17.7 Å². The summed E-state index contributed by atoms with van der Waals surface area (Å²) in [6.07, 6.45) is 3.64. The molecule has 1 rings (SSSR count). The van der Waals surface area contributed by atoms with Gasteiger partial charge in [-0.2, -0.15) is 0 Å². The van der Waals surface area contributed by atoms with Crippen LogP contribution in [0.1, 0.15) is 18.9 Å². The highest BCUT2D eigenvalue weighted by Gasteiger charge is 2.03. The van der Waals surface area contributed by atoms with Crippen LogP contribution in [0.15, 0.2) is 24.3 Å². The Kier molecular flexibility index (Phi) is 5.20. The Hall–Kier alpha value is -1.84. The van der Waals surface area contributed by atoms with E-state index in [-0.39, 0.29) is 5.82 Å². The quantitative estimate of drug-likeness (QED) is 0.584. The van der Waals surface area contributed by atoms with E-state index in [1.165, 1.54) is 31.4 Å². The van der Waals surface area contributed by atoms with Crippen LogP contribution in [0.3, 0.4) is 0 Å². The number of carbonyl (C=O) groups is 1. The first-order valence-corrected chi connectivity index (χ1v) is 5.35. The molecule has 0 aliphatic carbocycles. The minimum atomic E-state index is -0.462. The fourth-order valence-electron chi connectivity index (χ4n) is 1.21. The molecule has 0 aliphatic rings. The van der Waals surface area contributed by atoms with Gasteiger partial charge in [-0.25, -0.2) is 9.18 Å². The minimum absolute atomic E-state index is 0.369. The minimum Gasteiger partial charge on any atom is -0.493 e. The Morgan fingerprint density at radius 2 is 2.24 bits per heavy atom. The van der Waals surface area contributed by atoms with E-state index in [1.807, 2.05) is 6.92 Å². The van der Waals surface area contributed by atoms with Crippen molar-refractivity contribution in [2.75, 3.05) is 13.7 Å². The Morgan fingerprint density at radius 3 is 2.88 bits per heavy atom. The Bertz CT molecular complexity index is 413. The lowest BCUT2D eigenvalue weighted by atomic mass is 10.2. The van der Waals surface area contributed by atoms with Gasteiger partial charge < -0.3 is 9.47 Å². The maximum Gasteiger partial charge on any atom is 0.330 e. The van der Waals surface area contributed by atoms with E-state index in [0.29, 0.717) is 17.9 Å². The lowest BCUT2D eigenvalue weighted by molar-refractivity contribution is -0.134. The van der Waals surface area contributed by atoms with Gasteiger partial charge in [0.25, 0.3) is 0 Å². The lowest BCUT2D eigenvalue weighted by Crippen LogP contribution is -1.98. The van der Waals surface area contributed by atoms with Crippen LogP contribution >= 0.6 is 0 Å². The van der Waals surface area contributed by atoms with Crippen LogP contribution in [-0.4, -0.2) is 19.7 Å². The molecule has 0 aromatic heterocycles. The third kappa shape index (κ3) is 4.26. The van der Waals surface area contributed by atoms with Gasteiger partial charge in [-0.3, -0.25) is 0 Å². The second kappa shape index (κ2) is 6.68. The first-order chi connectivity index (χ1) is 8.17. The van der Waals surface area contributed by atoms with Gasteiger partial charge in [-0.15, -0.1) is 0 Å². The fourth-order valence-corrected chi connectivity index (χ4v) is 1.21. The number of benzene rings is 1. The number of hydrogen-bond acceptors (Lipinski definition) is 3. The molecule has 4 heteroatoms. The predicted molar refractivity (Wildman–Crippen MR) is 63.2 cm³/mol. The molecule has 0 amide bonds. The van der Waals surface area contributed by atoms with E-state index in [1.54, 1.807) is 6.07 Å². The summed E-state index contributed by atoms with van der Waals surface area (Å²) in [6.45, 7) is 2.46. The van der Waals surface area contributed by atoms with Crippen molar-refractivity contribution in [2.45, 2.75) is 13.3 Å². The monoisotopic (exact) mass is 238 g/mol. The number of rotatable bonds is 5. The van der Waals surface area contributed by atoms with Crippen LogP contribution in [0.5, 0.6) is 5.75 Å². The van der Waals surface area contributed by atoms with Gasteiger partial charge in [0.05, 0.1) is 13.7 Å². The number of esters is 1. The van der Waals surface area contributed by atoms with Crippen molar-refractivity contribution in [1.29, 1.82) is 0 Å². The van der Waals surface area contributed by atoms with Crippen molar-refractivity contribution in [3.63, 3.8) is 0 Å². The van der Waals surface area contributed by atoms with Crippen LogP contribution in [0, 0.1) is 5.82 Å². The summed E-state index contributed by atoms with van der Waals surface area (Å²) < 4.78 is 22.9. The van der Waals surface area contributed by atoms with Crippen LogP contribution < -0.4 is 4.74 Å². The molecule has 3 nitrogen and oxygen atoms in total. The molecule has 0 saturated heterocycles. The van der Waals surface area contributed by atoms with E-state index >= 15 is 0 Å². The van der Waals surface area contributed by atoms with Crippen molar-refractivity contribution in [1.82, 2.24) is 0 Å². The maximum absolute atomic E-state index is 13.0. The van der Waals surface area contributed by atoms with Crippen LogP contribution in [0.25, 0.3) is 6.08 Å². The highest BCUT2D eigenvalue weighted by atomic mass is 19.1. The Balaban J connectivity index is 2.89. The van der Waals surface area contributed by atoms with Gasteiger partial charge in [-0.1, -0.05) is 6.92 Å². The van der Waals surface area contributed by atoms with Crippen molar-refractivity contribution in [3.8, 4) is 5.75 Å². The summed E-state index contributed by atoms with van der Waals surface area (Å²) in [5.41, 5.74) is 0.644. The van der Waals surface area contributed by atoms with E-state index in [2.05, 4.69) is 4.74 Å². The second-order valence-corrected chi connectivity index (χ2v) is 3.39. The molecular weight excluding hydrogens is 223 g/mol. The smallest absolute Gasteiger partial charge is 0.330 e. The van der Waals surface area contributed by atoms with E-state index in [0.717, 1.165) is 6.42 Å². The molecule has 0 spiro atoms. The zero-order valence-corrected chi connectivity index (χ0v) is 9.90. The average Bonchev–Trinajstić information content (AvgIpc) is 2.34. The summed E-state index contributed by atoms with van der Waals surface area (Å²) in [4.78, 5) is 11.0. The molecule has 0 bridgehead atoms. The largest absolute Gasteiger partial charge is 0.493 e. The van der Waals surface area contributed by atoms with Gasteiger partial charge >= 0.3 is 5.97 Å². The van der Waals surface area contributed by atoms with Crippen LogP contribution in [-0.2, 0) is 9.53 Å². The van der Waals surface area contributed by atoms with E-state index in [4.69, 9.17) is 4.74 Å². The van der Waals surface area contributed by atoms with Gasteiger partial charge in [0.15, 0.2) is 0 Å². The van der Waals surface area contributed by atoms with E-state index < -0.39 is 5.97 Å². The topological polar surface area (TPSA) is 35.5 Å². The normalized spacial score (nSPS) is 10.5. The Morgan fingerprint density at radius 1 is 1.47 bits per heavy atom. The van der Waals surface area contributed by atoms with Crippen LogP contribution in [0.4, 0.5) is 4.39 Å². The standard InChI is InChI=1S/C13H15FO3/c1-3-8-17-12-9-11(14)6-4-10(12)5-7-13(15)16-2/h4-7,9H,3,8H2,1-2H3/b7-5+. The first-order valence-electron chi connectivity index (χ1n) is 5.35. The molecule has 1 aromatic rings. The first kappa shape index (κ1) is 13.2. The fraction of sp³-hybridized carbons (Fsp3) is 0.308. The van der Waals surface area contributed by atoms with Crippen molar-refractivity contribution >= 4 is 12.0 Å². The molecule has 0 fully saturated rings. The second-order valence-electron chi connectivity index (χ2n) is 3.39. The summed E-state index contributed by atoms with van der Waals surface area (Å²) in [7, 11) is 1.30. The number of ether oxygens (including phenoxy) is 2. The molecule has 0 heterocycles. The lowest BCUT2D eigenvalue weighted by Gasteiger charge is -2.08. The summed E-state index contributed by atoms with van der Waals surface area (Å²) >= 11 is 0. The number of hydrogen-bond donors (Lipinski definition) is 0. The summed E-state index contributed by atoms with van der Waals surface area (Å²) in [6, 6.07) is 4.17. The van der Waals surface area contributed by atoms with E-state index in [9.17, 15) is 9.18 Å².